The molecule has 0 atom stereocenters. The summed E-state index contributed by atoms with van der Waals surface area (Å²) < 4.78 is 25.6. The zero-order valence-electron chi connectivity index (χ0n) is 23.0. The van der Waals surface area contributed by atoms with Crippen LogP contribution in [0.1, 0.15) is 25.0 Å². The number of aliphatic imine (C=N–C) groups is 2. The maximum atomic E-state index is 12.8. The number of halogens is 2. The Kier molecular flexibility index (Phi) is 29.1. The molecular formula is C26H34Cu2F2N4O6. The van der Waals surface area contributed by atoms with Gasteiger partial charge in [-0.2, -0.15) is 0 Å². The van der Waals surface area contributed by atoms with Gasteiger partial charge in [0, 0.05) is 37.5 Å². The predicted octanol–water partition coefficient (Wildman–Crippen LogP) is -0.733. The summed E-state index contributed by atoms with van der Waals surface area (Å²) in [6.07, 6.45) is 2.85. The molecule has 10 nitrogen and oxygen atoms in total. The van der Waals surface area contributed by atoms with Crippen molar-refractivity contribution in [1.29, 1.82) is 0 Å². The van der Waals surface area contributed by atoms with E-state index >= 15 is 0 Å². The van der Waals surface area contributed by atoms with E-state index in [0.717, 1.165) is 39.1 Å². The maximum absolute atomic E-state index is 12.8. The van der Waals surface area contributed by atoms with Gasteiger partial charge in [0.2, 0.25) is 0 Å². The Morgan fingerprint density at radius 1 is 0.725 bits per heavy atom. The van der Waals surface area contributed by atoms with Crippen LogP contribution >= 0.6 is 0 Å². The molecule has 0 aliphatic carbocycles. The van der Waals surface area contributed by atoms with Crippen LogP contribution in [0.15, 0.2) is 46.4 Å². The molecule has 40 heavy (non-hydrogen) atoms. The fourth-order valence-corrected chi connectivity index (χ4v) is 2.08. The van der Waals surface area contributed by atoms with Crippen LogP contribution in [0.3, 0.4) is 0 Å². The van der Waals surface area contributed by atoms with E-state index in [9.17, 15) is 19.0 Å². The largest absolute Gasteiger partial charge is 2.00 e. The van der Waals surface area contributed by atoms with Crippen molar-refractivity contribution in [3.05, 3.63) is 59.2 Å². The standard InChI is InChI=1S/2C11H15FN2O.2C2H4O2.2Cu/c2*1-14(2)6-5-13-8-9-7-10(12)3-4-11(9)15;2*1-2(3)4;;/h2*3-4,7-8,15H,5-6H2,1-2H3;2*1H3,(H,3,4);;/q;;;;2*+2/p-4. The van der Waals surface area contributed by atoms with Crippen LogP contribution in [0.4, 0.5) is 8.78 Å². The molecule has 0 aliphatic rings. The van der Waals surface area contributed by atoms with E-state index in [4.69, 9.17) is 19.8 Å². The summed E-state index contributed by atoms with van der Waals surface area (Å²) in [5, 5.41) is 40.2. The Balaban J connectivity index is -0.000000246. The van der Waals surface area contributed by atoms with Crippen LogP contribution < -0.4 is 20.4 Å². The van der Waals surface area contributed by atoms with E-state index in [0.29, 0.717) is 24.2 Å². The second kappa shape index (κ2) is 26.4. The van der Waals surface area contributed by atoms with Gasteiger partial charge in [0.25, 0.3) is 0 Å². The van der Waals surface area contributed by atoms with Crippen molar-refractivity contribution in [2.24, 2.45) is 9.98 Å². The number of nitrogens with zero attached hydrogens (tertiary/aromatic N) is 4. The normalized spacial score (nSPS) is 9.85. The van der Waals surface area contributed by atoms with E-state index in [1.165, 1.54) is 36.7 Å². The Morgan fingerprint density at radius 2 is 1.00 bits per heavy atom. The van der Waals surface area contributed by atoms with Gasteiger partial charge in [-0.15, -0.1) is 0 Å². The number of carbonyl (C=O) groups is 2. The van der Waals surface area contributed by atoms with E-state index in [-0.39, 0.29) is 45.6 Å². The second-order valence-electron chi connectivity index (χ2n) is 8.02. The third-order valence-corrected chi connectivity index (χ3v) is 3.76. The molecule has 0 unspecified atom stereocenters. The second-order valence-corrected chi connectivity index (χ2v) is 8.02. The van der Waals surface area contributed by atoms with Crippen molar-refractivity contribution in [3.63, 3.8) is 0 Å². The molecule has 0 saturated heterocycles. The van der Waals surface area contributed by atoms with Crippen molar-refractivity contribution in [2.75, 3.05) is 54.4 Å². The molecule has 14 heteroatoms. The number of carboxylic acids is 2. The van der Waals surface area contributed by atoms with Gasteiger partial charge >= 0.3 is 34.1 Å². The Morgan fingerprint density at radius 3 is 1.25 bits per heavy atom. The maximum Gasteiger partial charge on any atom is 2.00 e. The molecule has 0 heterocycles. The number of carbonyl (C=O) groups excluding carboxylic acids is 2. The number of rotatable bonds is 8. The molecular weight excluding hydrogens is 629 g/mol. The summed E-state index contributed by atoms with van der Waals surface area (Å²) in [5.74, 6) is -3.40. The molecule has 2 aromatic carbocycles. The Bertz CT molecular complexity index is 953. The Hall–Kier alpha value is -2.86. The van der Waals surface area contributed by atoms with Crippen LogP contribution in [0.25, 0.3) is 0 Å². The monoisotopic (exact) mass is 662 g/mol. The molecule has 0 aromatic heterocycles. The van der Waals surface area contributed by atoms with Crippen molar-refractivity contribution < 1.29 is 72.9 Å². The average Bonchev–Trinajstić information content (AvgIpc) is 2.78. The quantitative estimate of drug-likeness (QED) is 0.264. The molecule has 230 valence electrons. The number of carboxylic acid groups (broad SMARTS) is 2. The molecule has 0 spiro atoms. The Labute approximate surface area is 255 Å². The van der Waals surface area contributed by atoms with E-state index < -0.39 is 23.6 Å². The van der Waals surface area contributed by atoms with Gasteiger partial charge in [0.1, 0.15) is 11.6 Å². The minimum atomic E-state index is -1.08. The van der Waals surface area contributed by atoms with Crippen LogP contribution in [0.5, 0.6) is 11.5 Å². The van der Waals surface area contributed by atoms with Crippen LogP contribution in [0, 0.1) is 11.6 Å². The molecule has 0 bridgehead atoms. The molecule has 2 rings (SSSR count). The predicted molar refractivity (Wildman–Crippen MR) is 135 cm³/mol. The fourth-order valence-electron chi connectivity index (χ4n) is 2.08. The smallest absolute Gasteiger partial charge is 0.872 e. The number of hydrogen-bond donors (Lipinski definition) is 0. The van der Waals surface area contributed by atoms with Gasteiger partial charge in [0.15, 0.2) is 0 Å². The molecule has 0 amide bonds. The molecule has 2 aromatic rings. The van der Waals surface area contributed by atoms with E-state index in [2.05, 4.69) is 9.98 Å². The number of likely N-dealkylation sites (N-methyl/N-ethyl adjacent to an activating group) is 2. The summed E-state index contributed by atoms with van der Waals surface area (Å²) >= 11 is 0. The van der Waals surface area contributed by atoms with Crippen LogP contribution in [-0.2, 0) is 43.7 Å². The average molecular weight is 664 g/mol. The molecule has 0 saturated carbocycles. The third-order valence-electron chi connectivity index (χ3n) is 3.76. The van der Waals surface area contributed by atoms with Crippen LogP contribution in [-0.4, -0.2) is 88.5 Å². The number of aliphatic carboxylic acids is 2. The molecule has 0 fully saturated rings. The van der Waals surface area contributed by atoms with Crippen molar-refractivity contribution >= 4 is 24.4 Å². The van der Waals surface area contributed by atoms with Crippen LogP contribution in [0.2, 0.25) is 0 Å². The van der Waals surface area contributed by atoms with Gasteiger partial charge in [-0.05, 0) is 77.4 Å². The topological polar surface area (TPSA) is 158 Å². The minimum Gasteiger partial charge on any atom is -0.872 e. The van der Waals surface area contributed by atoms with Gasteiger partial charge in [-0.1, -0.05) is 23.6 Å². The zero-order valence-corrected chi connectivity index (χ0v) is 24.9. The van der Waals surface area contributed by atoms with Gasteiger partial charge in [-0.3, -0.25) is 9.98 Å². The summed E-state index contributed by atoms with van der Waals surface area (Å²) in [6, 6.07) is 7.12. The van der Waals surface area contributed by atoms with Crippen molar-refractivity contribution in [2.45, 2.75) is 13.8 Å². The van der Waals surface area contributed by atoms with Gasteiger partial charge in [-0.25, -0.2) is 8.78 Å². The number of benzene rings is 2. The van der Waals surface area contributed by atoms with Gasteiger partial charge in [0.05, 0.1) is 13.1 Å². The van der Waals surface area contributed by atoms with E-state index in [1.807, 2.05) is 38.0 Å². The number of hydrogen-bond acceptors (Lipinski definition) is 10. The van der Waals surface area contributed by atoms with Crippen molar-refractivity contribution in [1.82, 2.24) is 9.80 Å². The minimum absolute atomic E-state index is 0. The molecule has 0 N–H and O–H groups in total. The van der Waals surface area contributed by atoms with Gasteiger partial charge < -0.3 is 39.8 Å². The summed E-state index contributed by atoms with van der Waals surface area (Å²) in [7, 11) is 7.76. The summed E-state index contributed by atoms with van der Waals surface area (Å²) in [5.41, 5.74) is 0.600. The molecule has 0 aliphatic heterocycles. The first-order valence-corrected chi connectivity index (χ1v) is 11.2. The third kappa shape index (κ3) is 29.7. The first-order chi connectivity index (χ1) is 17.6. The van der Waals surface area contributed by atoms with E-state index in [1.54, 1.807) is 0 Å². The SMILES string of the molecule is CC(=O)[O-].CC(=O)[O-].CN(C)CCN=Cc1cc(F)ccc1[O-].CN(C)CCN=Cc1cc(F)ccc1[O-].[Cu+2].[Cu+2]. The van der Waals surface area contributed by atoms with Crippen molar-refractivity contribution in [3.8, 4) is 11.5 Å². The first kappa shape index (κ1) is 44.2. The molecule has 2 radical (unpaired) electrons. The summed E-state index contributed by atoms with van der Waals surface area (Å²) in [4.78, 5) is 29.9. The first-order valence-electron chi connectivity index (χ1n) is 11.2. The summed E-state index contributed by atoms with van der Waals surface area (Å²) in [6.45, 7) is 4.76. The fraction of sp³-hybridized carbons (Fsp3) is 0.385. The zero-order chi connectivity index (χ0) is 29.7.